The summed E-state index contributed by atoms with van der Waals surface area (Å²) in [6.45, 7) is 0.511. The van der Waals surface area contributed by atoms with Crippen LogP contribution < -0.4 is 10.2 Å². The molecular weight excluding hydrogens is 480 g/mol. The largest absolute Gasteiger partial charge is 0.480 e. The summed E-state index contributed by atoms with van der Waals surface area (Å²) in [5, 5.41) is 8.88. The third kappa shape index (κ3) is 4.53. The van der Waals surface area contributed by atoms with Gasteiger partial charge in [-0.2, -0.15) is 0 Å². The Kier molecular flexibility index (Phi) is 6.04. The van der Waals surface area contributed by atoms with Crippen molar-refractivity contribution in [2.45, 2.75) is 13.2 Å². The first-order valence-electron chi connectivity index (χ1n) is 10.3. The smallest absolute Gasteiger partial charge is 0.235 e. The molecule has 2 aromatic heterocycles. The lowest BCUT2D eigenvalue weighted by Crippen LogP contribution is -2.10. The Balaban J connectivity index is 1.51. The van der Waals surface area contributed by atoms with Gasteiger partial charge in [0.2, 0.25) is 11.2 Å². The highest BCUT2D eigenvalue weighted by atomic mass is 35.5. The molecule has 5 rings (SSSR count). The van der Waals surface area contributed by atoms with Gasteiger partial charge < -0.3 is 9.15 Å². The van der Waals surface area contributed by atoms with E-state index in [2.05, 4.69) is 10.3 Å². The molecule has 0 saturated heterocycles. The fourth-order valence-corrected chi connectivity index (χ4v) is 4.06. The monoisotopic (exact) mass is 495 g/mol. The SMILES string of the molecule is O=c1c(OCc2cn(Cc3ccccc3)nn2)c(-c2ccc(F)cc2)oc2c(Cl)cc(Cl)cc12. The molecule has 0 N–H and O–H groups in total. The Hall–Kier alpha value is -3.68. The van der Waals surface area contributed by atoms with Gasteiger partial charge >= 0.3 is 0 Å². The van der Waals surface area contributed by atoms with Crippen molar-refractivity contribution < 1.29 is 13.5 Å². The van der Waals surface area contributed by atoms with Gasteiger partial charge in [0.25, 0.3) is 0 Å². The Morgan fingerprint density at radius 2 is 1.79 bits per heavy atom. The first kappa shape index (κ1) is 22.1. The van der Waals surface area contributed by atoms with Crippen molar-refractivity contribution in [3.8, 4) is 17.1 Å². The molecule has 9 heteroatoms. The van der Waals surface area contributed by atoms with E-state index in [4.69, 9.17) is 32.4 Å². The Morgan fingerprint density at radius 1 is 1.03 bits per heavy atom. The molecule has 5 aromatic rings. The van der Waals surface area contributed by atoms with Crippen LogP contribution in [0.2, 0.25) is 10.0 Å². The highest BCUT2D eigenvalue weighted by Gasteiger charge is 2.20. The zero-order chi connectivity index (χ0) is 23.7. The molecule has 2 heterocycles. The third-order valence-electron chi connectivity index (χ3n) is 5.11. The van der Waals surface area contributed by atoms with Gasteiger partial charge in [0.15, 0.2) is 11.3 Å². The van der Waals surface area contributed by atoms with E-state index in [-0.39, 0.29) is 39.1 Å². The molecular formula is C25H16Cl2FN3O3. The zero-order valence-electron chi connectivity index (χ0n) is 17.5. The molecule has 0 saturated carbocycles. The standard InChI is InChI=1S/C25H16Cl2FN3O3/c26-17-10-20-22(32)25(23(34-24(20)21(27)11-17)16-6-8-18(28)9-7-16)33-14-19-13-31(30-29-19)12-15-4-2-1-3-5-15/h1-11,13H,12,14H2. The van der Waals surface area contributed by atoms with Crippen LogP contribution in [0.15, 0.2) is 82.1 Å². The van der Waals surface area contributed by atoms with E-state index in [9.17, 15) is 9.18 Å². The van der Waals surface area contributed by atoms with Crippen LogP contribution in [-0.2, 0) is 13.2 Å². The number of fused-ring (bicyclic) bond motifs is 1. The van der Waals surface area contributed by atoms with Gasteiger partial charge in [-0.25, -0.2) is 9.07 Å². The maximum absolute atomic E-state index is 13.5. The minimum absolute atomic E-state index is 0.0342. The summed E-state index contributed by atoms with van der Waals surface area (Å²) in [6, 6.07) is 18.3. The van der Waals surface area contributed by atoms with Crippen molar-refractivity contribution in [3.63, 3.8) is 0 Å². The van der Waals surface area contributed by atoms with E-state index in [1.165, 1.54) is 36.4 Å². The second-order valence-electron chi connectivity index (χ2n) is 7.54. The first-order chi connectivity index (χ1) is 16.5. The molecule has 0 fully saturated rings. The van der Waals surface area contributed by atoms with Crippen molar-refractivity contribution >= 4 is 34.2 Å². The predicted octanol–water partition coefficient (Wildman–Crippen LogP) is 6.12. The number of hydrogen-bond donors (Lipinski definition) is 0. The van der Waals surface area contributed by atoms with Crippen LogP contribution in [0.4, 0.5) is 4.39 Å². The average Bonchev–Trinajstić information content (AvgIpc) is 3.27. The molecule has 34 heavy (non-hydrogen) atoms. The Morgan fingerprint density at radius 3 is 2.56 bits per heavy atom. The molecule has 0 unspecified atom stereocenters. The van der Waals surface area contributed by atoms with Crippen molar-refractivity contribution in [2.75, 3.05) is 0 Å². The normalized spacial score (nSPS) is 11.1. The van der Waals surface area contributed by atoms with E-state index in [1.807, 2.05) is 30.3 Å². The van der Waals surface area contributed by atoms with E-state index in [0.717, 1.165) is 5.56 Å². The summed E-state index contributed by atoms with van der Waals surface area (Å²) in [5.41, 5.74) is 1.75. The lowest BCUT2D eigenvalue weighted by Gasteiger charge is -2.12. The molecule has 0 atom stereocenters. The number of ether oxygens (including phenoxy) is 1. The molecule has 0 bridgehead atoms. The fraction of sp³-hybridized carbons (Fsp3) is 0.0800. The first-order valence-corrected chi connectivity index (χ1v) is 11.0. The van der Waals surface area contributed by atoms with Crippen LogP contribution in [0.25, 0.3) is 22.3 Å². The van der Waals surface area contributed by atoms with Gasteiger partial charge in [-0.1, -0.05) is 58.7 Å². The summed E-state index contributed by atoms with van der Waals surface area (Å²) in [5.74, 6) is -0.359. The maximum atomic E-state index is 13.5. The Labute approximate surface area is 203 Å². The second kappa shape index (κ2) is 9.29. The van der Waals surface area contributed by atoms with Crippen LogP contribution in [-0.4, -0.2) is 15.0 Å². The average molecular weight is 496 g/mol. The van der Waals surface area contributed by atoms with Gasteiger partial charge in [0, 0.05) is 10.6 Å². The van der Waals surface area contributed by atoms with E-state index in [0.29, 0.717) is 17.8 Å². The summed E-state index contributed by atoms with van der Waals surface area (Å²) >= 11 is 12.4. The van der Waals surface area contributed by atoms with Gasteiger partial charge in [-0.15, -0.1) is 5.10 Å². The molecule has 0 aliphatic heterocycles. The number of halogens is 3. The van der Waals surface area contributed by atoms with Crippen molar-refractivity contribution in [3.05, 3.63) is 110 Å². The Bertz CT molecular complexity index is 1530. The molecule has 0 aliphatic carbocycles. The fourth-order valence-electron chi connectivity index (χ4n) is 3.53. The highest BCUT2D eigenvalue weighted by Crippen LogP contribution is 2.35. The maximum Gasteiger partial charge on any atom is 0.235 e. The highest BCUT2D eigenvalue weighted by molar-refractivity contribution is 6.38. The summed E-state index contributed by atoms with van der Waals surface area (Å²) in [6.07, 6.45) is 1.74. The number of aromatic nitrogens is 3. The van der Waals surface area contributed by atoms with E-state index >= 15 is 0 Å². The van der Waals surface area contributed by atoms with E-state index in [1.54, 1.807) is 10.9 Å². The van der Waals surface area contributed by atoms with Crippen LogP contribution in [0.3, 0.4) is 0 Å². The zero-order valence-corrected chi connectivity index (χ0v) is 19.1. The van der Waals surface area contributed by atoms with Crippen LogP contribution >= 0.6 is 23.2 Å². The predicted molar refractivity (Wildman–Crippen MR) is 128 cm³/mol. The number of hydrogen-bond acceptors (Lipinski definition) is 5. The molecule has 3 aromatic carbocycles. The molecule has 0 amide bonds. The van der Waals surface area contributed by atoms with Crippen molar-refractivity contribution in [2.24, 2.45) is 0 Å². The van der Waals surface area contributed by atoms with Crippen LogP contribution in [0, 0.1) is 5.82 Å². The molecule has 0 spiro atoms. The number of rotatable bonds is 6. The summed E-state index contributed by atoms with van der Waals surface area (Å²) in [4.78, 5) is 13.3. The van der Waals surface area contributed by atoms with Crippen molar-refractivity contribution in [1.29, 1.82) is 0 Å². The number of nitrogens with zero attached hydrogens (tertiary/aromatic N) is 3. The third-order valence-corrected chi connectivity index (χ3v) is 5.61. The number of benzene rings is 3. The molecule has 6 nitrogen and oxygen atoms in total. The topological polar surface area (TPSA) is 70.2 Å². The quantitative estimate of drug-likeness (QED) is 0.283. The van der Waals surface area contributed by atoms with Gasteiger partial charge in [-0.05, 0) is 42.0 Å². The summed E-state index contributed by atoms with van der Waals surface area (Å²) < 4.78 is 27.0. The van der Waals surface area contributed by atoms with Gasteiger partial charge in [0.1, 0.15) is 18.1 Å². The van der Waals surface area contributed by atoms with Crippen molar-refractivity contribution in [1.82, 2.24) is 15.0 Å². The van der Waals surface area contributed by atoms with Crippen LogP contribution in [0.5, 0.6) is 5.75 Å². The van der Waals surface area contributed by atoms with E-state index < -0.39 is 11.2 Å². The summed E-state index contributed by atoms with van der Waals surface area (Å²) in [7, 11) is 0. The lowest BCUT2D eigenvalue weighted by molar-refractivity contribution is 0.293. The minimum atomic E-state index is -0.457. The van der Waals surface area contributed by atoms with Gasteiger partial charge in [-0.3, -0.25) is 4.79 Å². The molecule has 0 aliphatic rings. The minimum Gasteiger partial charge on any atom is -0.480 e. The molecule has 0 radical (unpaired) electrons. The lowest BCUT2D eigenvalue weighted by atomic mass is 10.1. The van der Waals surface area contributed by atoms with Gasteiger partial charge in [0.05, 0.1) is 23.2 Å². The second-order valence-corrected chi connectivity index (χ2v) is 8.39. The van der Waals surface area contributed by atoms with Crippen LogP contribution in [0.1, 0.15) is 11.3 Å². The molecule has 170 valence electrons.